The van der Waals surface area contributed by atoms with E-state index in [9.17, 15) is 9.59 Å². The molecule has 2 saturated heterocycles. The molecule has 27 heavy (non-hydrogen) atoms. The van der Waals surface area contributed by atoms with Crippen LogP contribution in [0.2, 0.25) is 5.02 Å². The fourth-order valence-corrected chi connectivity index (χ4v) is 3.80. The maximum absolute atomic E-state index is 12.7. The van der Waals surface area contributed by atoms with Crippen molar-refractivity contribution in [2.45, 2.75) is 6.04 Å². The Labute approximate surface area is 163 Å². The average Bonchev–Trinajstić information content (AvgIpc) is 2.68. The van der Waals surface area contributed by atoms with Crippen molar-refractivity contribution < 1.29 is 9.59 Å². The molecule has 1 atom stereocenters. The van der Waals surface area contributed by atoms with Gasteiger partial charge in [-0.3, -0.25) is 9.69 Å². The lowest BCUT2D eigenvalue weighted by Gasteiger charge is -2.42. The van der Waals surface area contributed by atoms with E-state index in [0.717, 1.165) is 17.7 Å². The predicted octanol–water partition coefficient (Wildman–Crippen LogP) is 2.65. The molecule has 1 unspecified atom stereocenters. The van der Waals surface area contributed by atoms with E-state index in [-0.39, 0.29) is 18.0 Å². The Morgan fingerprint density at radius 3 is 2.67 bits per heavy atom. The van der Waals surface area contributed by atoms with Crippen molar-refractivity contribution >= 4 is 29.2 Å². The van der Waals surface area contributed by atoms with Crippen molar-refractivity contribution in [1.29, 1.82) is 0 Å². The lowest BCUT2D eigenvalue weighted by molar-refractivity contribution is -0.131. The van der Waals surface area contributed by atoms with E-state index in [2.05, 4.69) is 15.5 Å². The Kier molecular flexibility index (Phi) is 5.01. The van der Waals surface area contributed by atoms with E-state index in [1.165, 1.54) is 0 Å². The second kappa shape index (κ2) is 7.58. The molecule has 2 heterocycles. The molecule has 4 rings (SSSR count). The normalized spacial score (nSPS) is 20.0. The summed E-state index contributed by atoms with van der Waals surface area (Å²) in [6, 6.07) is 14.8. The van der Waals surface area contributed by atoms with Crippen LogP contribution in [0, 0.1) is 0 Å². The number of hydrogen-bond donors (Lipinski definition) is 2. The first-order valence-corrected chi connectivity index (χ1v) is 9.42. The topological polar surface area (TPSA) is 64.7 Å². The zero-order valence-electron chi connectivity index (χ0n) is 14.8. The highest BCUT2D eigenvalue weighted by atomic mass is 35.5. The van der Waals surface area contributed by atoms with Crippen molar-refractivity contribution in [2.24, 2.45) is 0 Å². The number of anilines is 1. The van der Waals surface area contributed by atoms with Gasteiger partial charge in [0.25, 0.3) is 0 Å². The third-order valence-corrected chi connectivity index (χ3v) is 5.29. The van der Waals surface area contributed by atoms with Crippen LogP contribution in [0.1, 0.15) is 0 Å². The van der Waals surface area contributed by atoms with Gasteiger partial charge >= 0.3 is 6.03 Å². The summed E-state index contributed by atoms with van der Waals surface area (Å²) in [5, 5.41) is 6.49. The highest BCUT2D eigenvalue weighted by molar-refractivity contribution is 6.30. The Balaban J connectivity index is 1.45. The Morgan fingerprint density at radius 2 is 1.85 bits per heavy atom. The van der Waals surface area contributed by atoms with Crippen LogP contribution < -0.4 is 10.6 Å². The smallest absolute Gasteiger partial charge is 0.321 e. The van der Waals surface area contributed by atoms with Crippen molar-refractivity contribution in [3.05, 3.63) is 53.6 Å². The fourth-order valence-electron chi connectivity index (χ4n) is 3.61. The summed E-state index contributed by atoms with van der Waals surface area (Å²) in [5.41, 5.74) is 2.69. The molecule has 2 aliphatic rings. The average molecular weight is 385 g/mol. The molecule has 2 fully saturated rings. The molecule has 6 nitrogen and oxygen atoms in total. The number of urea groups is 1. The van der Waals surface area contributed by atoms with E-state index < -0.39 is 0 Å². The van der Waals surface area contributed by atoms with E-state index >= 15 is 0 Å². The minimum atomic E-state index is -0.254. The van der Waals surface area contributed by atoms with Gasteiger partial charge in [-0.2, -0.15) is 0 Å². The number of nitrogens with zero attached hydrogens (tertiary/aromatic N) is 2. The fraction of sp³-hybridized carbons (Fsp3) is 0.300. The molecule has 2 aromatic rings. The molecule has 7 heteroatoms. The first kappa shape index (κ1) is 17.8. The molecule has 0 radical (unpaired) electrons. The molecule has 0 spiro atoms. The summed E-state index contributed by atoms with van der Waals surface area (Å²) in [6.07, 6.45) is 0. The first-order chi connectivity index (χ1) is 13.1. The zero-order chi connectivity index (χ0) is 18.8. The standard InChI is InChI=1S/C20H21ClN4O2/c21-16-5-1-3-14(11-16)15-4-2-6-17(12-15)23-20(27)25-10-9-24-8-7-22-19(26)18(24)13-25/h1-6,11-12,18H,7-10,13H2,(H,22,26)(H,23,27). The lowest BCUT2D eigenvalue weighted by Crippen LogP contribution is -2.64. The number of amides is 3. The van der Waals surface area contributed by atoms with E-state index in [0.29, 0.717) is 36.9 Å². The lowest BCUT2D eigenvalue weighted by atomic mass is 10.1. The van der Waals surface area contributed by atoms with E-state index in [1.807, 2.05) is 48.5 Å². The Bertz CT molecular complexity index is 873. The summed E-state index contributed by atoms with van der Waals surface area (Å²) in [4.78, 5) is 28.6. The van der Waals surface area contributed by atoms with Crippen LogP contribution in [-0.4, -0.2) is 60.5 Å². The van der Waals surface area contributed by atoms with Crippen molar-refractivity contribution in [3.8, 4) is 11.1 Å². The number of carbonyl (C=O) groups is 2. The molecule has 0 bridgehead atoms. The number of benzene rings is 2. The third-order valence-electron chi connectivity index (χ3n) is 5.05. The van der Waals surface area contributed by atoms with Gasteiger partial charge in [0, 0.05) is 43.4 Å². The van der Waals surface area contributed by atoms with Gasteiger partial charge in [0.05, 0.1) is 0 Å². The molecule has 0 aliphatic carbocycles. The molecular weight excluding hydrogens is 364 g/mol. The van der Waals surface area contributed by atoms with Gasteiger partial charge in [-0.1, -0.05) is 35.9 Å². The van der Waals surface area contributed by atoms with Crippen molar-refractivity contribution in [2.75, 3.05) is 38.0 Å². The summed E-state index contributed by atoms with van der Waals surface area (Å²) in [7, 11) is 0. The highest BCUT2D eigenvalue weighted by Crippen LogP contribution is 2.25. The molecule has 0 saturated carbocycles. The maximum Gasteiger partial charge on any atom is 0.321 e. The number of rotatable bonds is 2. The van der Waals surface area contributed by atoms with Crippen LogP contribution in [0.15, 0.2) is 48.5 Å². The summed E-state index contributed by atoms with van der Waals surface area (Å²) in [5.74, 6) is 0.00158. The Morgan fingerprint density at radius 1 is 1.07 bits per heavy atom. The van der Waals surface area contributed by atoms with Gasteiger partial charge in [0.15, 0.2) is 0 Å². The van der Waals surface area contributed by atoms with Gasteiger partial charge in [-0.15, -0.1) is 0 Å². The van der Waals surface area contributed by atoms with E-state index in [1.54, 1.807) is 4.90 Å². The van der Waals surface area contributed by atoms with Gasteiger partial charge in [0.1, 0.15) is 6.04 Å². The van der Waals surface area contributed by atoms with Gasteiger partial charge < -0.3 is 15.5 Å². The highest BCUT2D eigenvalue weighted by Gasteiger charge is 2.36. The monoisotopic (exact) mass is 384 g/mol. The van der Waals surface area contributed by atoms with Crippen LogP contribution in [0.3, 0.4) is 0 Å². The van der Waals surface area contributed by atoms with E-state index in [4.69, 9.17) is 11.6 Å². The number of halogens is 1. The summed E-state index contributed by atoms with van der Waals surface area (Å²) < 4.78 is 0. The summed E-state index contributed by atoms with van der Waals surface area (Å²) >= 11 is 6.08. The van der Waals surface area contributed by atoms with Crippen molar-refractivity contribution in [1.82, 2.24) is 15.1 Å². The molecule has 2 aromatic carbocycles. The SMILES string of the molecule is O=C1NCCN2CCN(C(=O)Nc3cccc(-c4cccc(Cl)c4)c3)CC12. The largest absolute Gasteiger partial charge is 0.353 e. The Hall–Kier alpha value is -2.57. The maximum atomic E-state index is 12.7. The number of fused-ring (bicyclic) bond motifs is 1. The molecule has 140 valence electrons. The second-order valence-corrected chi connectivity index (χ2v) is 7.25. The van der Waals surface area contributed by atoms with Crippen LogP contribution in [-0.2, 0) is 4.79 Å². The minimum absolute atomic E-state index is 0.00158. The van der Waals surface area contributed by atoms with Gasteiger partial charge in [-0.25, -0.2) is 4.79 Å². The van der Waals surface area contributed by atoms with Gasteiger partial charge in [-0.05, 0) is 35.4 Å². The number of carbonyl (C=O) groups excluding carboxylic acids is 2. The van der Waals surface area contributed by atoms with Gasteiger partial charge in [0.2, 0.25) is 5.91 Å². The van der Waals surface area contributed by atoms with Crippen LogP contribution >= 0.6 is 11.6 Å². The van der Waals surface area contributed by atoms with Crippen LogP contribution in [0.5, 0.6) is 0 Å². The minimum Gasteiger partial charge on any atom is -0.353 e. The second-order valence-electron chi connectivity index (χ2n) is 6.81. The number of hydrogen-bond acceptors (Lipinski definition) is 3. The number of nitrogens with one attached hydrogen (secondary N) is 2. The molecular formula is C20H21ClN4O2. The number of piperazine rings is 2. The van der Waals surface area contributed by atoms with Crippen LogP contribution in [0.4, 0.5) is 10.5 Å². The van der Waals surface area contributed by atoms with Crippen molar-refractivity contribution in [3.63, 3.8) is 0 Å². The third kappa shape index (κ3) is 3.91. The molecule has 2 N–H and O–H groups in total. The summed E-state index contributed by atoms with van der Waals surface area (Å²) in [6.45, 7) is 3.26. The quantitative estimate of drug-likeness (QED) is 0.836. The molecule has 0 aromatic heterocycles. The molecule has 3 amide bonds. The first-order valence-electron chi connectivity index (χ1n) is 9.04. The van der Waals surface area contributed by atoms with Crippen LogP contribution in [0.25, 0.3) is 11.1 Å². The molecule has 2 aliphatic heterocycles. The zero-order valence-corrected chi connectivity index (χ0v) is 15.6. The predicted molar refractivity (Wildman–Crippen MR) is 106 cm³/mol.